The molecule has 2 aromatic carbocycles. The summed E-state index contributed by atoms with van der Waals surface area (Å²) in [5.74, 6) is -1.63. The lowest BCUT2D eigenvalue weighted by Gasteiger charge is -2.07. The molecule has 0 saturated carbocycles. The first-order valence-corrected chi connectivity index (χ1v) is 5.93. The second kappa shape index (κ2) is 5.94. The fraction of sp³-hybridized carbons (Fsp3) is 0.143. The van der Waals surface area contributed by atoms with Crippen LogP contribution in [0, 0.1) is 11.6 Å². The van der Waals surface area contributed by atoms with Crippen molar-refractivity contribution in [3.8, 4) is 0 Å². The Balaban J connectivity index is 1.97. The maximum absolute atomic E-state index is 13.4. The summed E-state index contributed by atoms with van der Waals surface area (Å²) in [4.78, 5) is 0. The molecule has 1 N–H and O–H groups in total. The van der Waals surface area contributed by atoms with Crippen LogP contribution in [0.15, 0.2) is 42.5 Å². The van der Waals surface area contributed by atoms with Crippen molar-refractivity contribution in [3.05, 3.63) is 70.2 Å². The lowest BCUT2D eigenvalue weighted by atomic mass is 10.2. The first-order valence-electron chi connectivity index (χ1n) is 5.55. The zero-order valence-electron chi connectivity index (χ0n) is 9.59. The van der Waals surface area contributed by atoms with Gasteiger partial charge in [-0.1, -0.05) is 41.9 Å². The Bertz CT molecular complexity index is 543. The van der Waals surface area contributed by atoms with E-state index in [9.17, 15) is 8.78 Å². The minimum atomic E-state index is -0.827. The topological polar surface area (TPSA) is 12.0 Å². The van der Waals surface area contributed by atoms with E-state index >= 15 is 0 Å². The number of hydrogen-bond acceptors (Lipinski definition) is 1. The van der Waals surface area contributed by atoms with Crippen molar-refractivity contribution >= 4 is 11.6 Å². The zero-order valence-corrected chi connectivity index (χ0v) is 10.3. The van der Waals surface area contributed by atoms with Gasteiger partial charge in [0.05, 0.1) is 0 Å². The van der Waals surface area contributed by atoms with Crippen molar-refractivity contribution in [1.82, 2.24) is 5.32 Å². The third-order valence-corrected chi connectivity index (χ3v) is 2.99. The zero-order chi connectivity index (χ0) is 13.0. The molecule has 0 fully saturated rings. The van der Waals surface area contributed by atoms with Gasteiger partial charge in [-0.2, -0.15) is 0 Å². The summed E-state index contributed by atoms with van der Waals surface area (Å²) in [6, 6.07) is 11.6. The fourth-order valence-electron chi connectivity index (χ4n) is 1.66. The standard InChI is InChI=1S/C14H12ClF2N/c15-12-6-2-1-4-10(12)8-18-9-11-5-3-7-13(16)14(11)17/h1-7,18H,8-9H2. The van der Waals surface area contributed by atoms with Crippen molar-refractivity contribution < 1.29 is 8.78 Å². The van der Waals surface area contributed by atoms with E-state index in [0.717, 1.165) is 11.6 Å². The third-order valence-electron chi connectivity index (χ3n) is 2.62. The lowest BCUT2D eigenvalue weighted by Crippen LogP contribution is -2.14. The molecule has 0 radical (unpaired) electrons. The molecular formula is C14H12ClF2N. The van der Waals surface area contributed by atoms with Crippen LogP contribution in [0.3, 0.4) is 0 Å². The van der Waals surface area contributed by atoms with E-state index in [4.69, 9.17) is 11.6 Å². The van der Waals surface area contributed by atoms with E-state index in [-0.39, 0.29) is 6.54 Å². The first-order chi connectivity index (χ1) is 8.68. The van der Waals surface area contributed by atoms with Crippen LogP contribution in [-0.2, 0) is 13.1 Å². The molecule has 0 unspecified atom stereocenters. The van der Waals surface area contributed by atoms with Gasteiger partial charge >= 0.3 is 0 Å². The normalized spacial score (nSPS) is 10.6. The highest BCUT2D eigenvalue weighted by atomic mass is 35.5. The largest absolute Gasteiger partial charge is 0.308 e. The van der Waals surface area contributed by atoms with Crippen molar-refractivity contribution in [2.24, 2.45) is 0 Å². The Morgan fingerprint density at radius 3 is 2.33 bits per heavy atom. The summed E-state index contributed by atoms with van der Waals surface area (Å²) < 4.78 is 26.3. The number of hydrogen-bond donors (Lipinski definition) is 1. The molecule has 4 heteroatoms. The summed E-state index contributed by atoms with van der Waals surface area (Å²) in [5.41, 5.74) is 1.23. The Morgan fingerprint density at radius 2 is 1.56 bits per heavy atom. The molecule has 1 nitrogen and oxygen atoms in total. The summed E-state index contributed by atoms with van der Waals surface area (Å²) in [5, 5.41) is 3.69. The van der Waals surface area contributed by atoms with Crippen LogP contribution in [0.25, 0.3) is 0 Å². The van der Waals surface area contributed by atoms with E-state index in [2.05, 4.69) is 5.32 Å². The molecular weight excluding hydrogens is 256 g/mol. The van der Waals surface area contributed by atoms with Crippen molar-refractivity contribution in [2.45, 2.75) is 13.1 Å². The molecule has 0 aliphatic rings. The summed E-state index contributed by atoms with van der Waals surface area (Å²) in [7, 11) is 0. The van der Waals surface area contributed by atoms with E-state index in [1.54, 1.807) is 12.1 Å². The summed E-state index contributed by atoms with van der Waals surface area (Å²) in [6.45, 7) is 0.768. The molecule has 0 aliphatic carbocycles. The maximum Gasteiger partial charge on any atom is 0.163 e. The van der Waals surface area contributed by atoms with Crippen LogP contribution < -0.4 is 5.32 Å². The predicted molar refractivity (Wildman–Crippen MR) is 68.4 cm³/mol. The van der Waals surface area contributed by atoms with E-state index < -0.39 is 11.6 Å². The average Bonchev–Trinajstić information content (AvgIpc) is 2.37. The Labute approximate surface area is 109 Å². The number of halogens is 3. The van der Waals surface area contributed by atoms with Gasteiger partial charge in [0.15, 0.2) is 11.6 Å². The second-order valence-corrected chi connectivity index (χ2v) is 4.32. The average molecular weight is 268 g/mol. The minimum Gasteiger partial charge on any atom is -0.308 e. The fourth-order valence-corrected chi connectivity index (χ4v) is 1.86. The first kappa shape index (κ1) is 13.0. The number of benzene rings is 2. The highest BCUT2D eigenvalue weighted by Gasteiger charge is 2.07. The quantitative estimate of drug-likeness (QED) is 0.886. The molecule has 94 valence electrons. The summed E-state index contributed by atoms with van der Waals surface area (Å²) in [6.07, 6.45) is 0. The number of rotatable bonds is 4. The second-order valence-electron chi connectivity index (χ2n) is 3.91. The molecule has 0 aromatic heterocycles. The van der Waals surface area contributed by atoms with Gasteiger partial charge in [0.25, 0.3) is 0 Å². The highest BCUT2D eigenvalue weighted by Crippen LogP contribution is 2.15. The smallest absolute Gasteiger partial charge is 0.163 e. The van der Waals surface area contributed by atoms with Gasteiger partial charge in [0.2, 0.25) is 0 Å². The highest BCUT2D eigenvalue weighted by molar-refractivity contribution is 6.31. The molecule has 0 heterocycles. The summed E-state index contributed by atoms with van der Waals surface area (Å²) >= 11 is 5.99. The maximum atomic E-state index is 13.4. The van der Waals surface area contributed by atoms with Crippen LogP contribution in [0.5, 0.6) is 0 Å². The van der Waals surface area contributed by atoms with Gasteiger partial charge in [0.1, 0.15) is 0 Å². The van der Waals surface area contributed by atoms with Crippen molar-refractivity contribution in [2.75, 3.05) is 0 Å². The van der Waals surface area contributed by atoms with Crippen LogP contribution in [0.1, 0.15) is 11.1 Å². The lowest BCUT2D eigenvalue weighted by molar-refractivity contribution is 0.492. The Morgan fingerprint density at radius 1 is 0.889 bits per heavy atom. The predicted octanol–water partition coefficient (Wildman–Crippen LogP) is 3.91. The minimum absolute atomic E-state index is 0.259. The van der Waals surface area contributed by atoms with Crippen molar-refractivity contribution in [1.29, 1.82) is 0 Å². The van der Waals surface area contributed by atoms with Crippen LogP contribution in [0.4, 0.5) is 8.78 Å². The third kappa shape index (κ3) is 3.06. The molecule has 2 rings (SSSR count). The van der Waals surface area contributed by atoms with Crippen LogP contribution in [-0.4, -0.2) is 0 Å². The van der Waals surface area contributed by atoms with Gasteiger partial charge in [-0.05, 0) is 17.7 Å². The van der Waals surface area contributed by atoms with Gasteiger partial charge in [-0.25, -0.2) is 8.78 Å². The van der Waals surface area contributed by atoms with Crippen molar-refractivity contribution in [3.63, 3.8) is 0 Å². The monoisotopic (exact) mass is 267 g/mol. The van der Waals surface area contributed by atoms with Gasteiger partial charge in [0, 0.05) is 23.7 Å². The van der Waals surface area contributed by atoms with Gasteiger partial charge < -0.3 is 5.32 Å². The van der Waals surface area contributed by atoms with Crippen LogP contribution in [0.2, 0.25) is 5.02 Å². The Hall–Kier alpha value is -1.45. The molecule has 0 bridgehead atoms. The SMILES string of the molecule is Fc1cccc(CNCc2ccccc2Cl)c1F. The number of nitrogens with one attached hydrogen (secondary N) is 1. The van der Waals surface area contributed by atoms with E-state index in [1.165, 1.54) is 6.07 Å². The molecule has 0 aliphatic heterocycles. The molecule has 0 amide bonds. The molecule has 18 heavy (non-hydrogen) atoms. The van der Waals surface area contributed by atoms with Crippen LogP contribution >= 0.6 is 11.6 Å². The Kier molecular flexibility index (Phi) is 4.28. The van der Waals surface area contributed by atoms with E-state index in [0.29, 0.717) is 17.1 Å². The molecule has 0 spiro atoms. The molecule has 2 aromatic rings. The molecule has 0 saturated heterocycles. The van der Waals surface area contributed by atoms with E-state index in [1.807, 2.05) is 18.2 Å². The van der Waals surface area contributed by atoms with Gasteiger partial charge in [-0.3, -0.25) is 0 Å². The van der Waals surface area contributed by atoms with Gasteiger partial charge in [-0.15, -0.1) is 0 Å². The molecule has 0 atom stereocenters.